The highest BCUT2D eigenvalue weighted by Gasteiger charge is 2.63. The molecule has 2 saturated heterocycles. The number of ether oxygens (including phenoxy) is 1. The van der Waals surface area contributed by atoms with Crippen LogP contribution in [0.2, 0.25) is 0 Å². The molecule has 0 aromatic carbocycles. The molecule has 1 aliphatic carbocycles. The summed E-state index contributed by atoms with van der Waals surface area (Å²) in [5, 5.41) is 10.8. The minimum Gasteiger partial charge on any atom is -0.365 e. The second-order valence-corrected chi connectivity index (χ2v) is 7.30. The zero-order chi connectivity index (χ0) is 13.3. The van der Waals surface area contributed by atoms with E-state index in [0.29, 0.717) is 6.42 Å². The number of Topliss-reactive ketones (excluding diaryl/α,β-unsaturated/α-hetero) is 1. The van der Waals surface area contributed by atoms with E-state index < -0.39 is 11.4 Å². The van der Waals surface area contributed by atoms with Gasteiger partial charge < -0.3 is 9.84 Å². The highest BCUT2D eigenvalue weighted by Crippen LogP contribution is 2.59. The first kappa shape index (κ1) is 12.4. The van der Waals surface area contributed by atoms with Gasteiger partial charge >= 0.3 is 0 Å². The van der Waals surface area contributed by atoms with Crippen LogP contribution in [0.5, 0.6) is 0 Å². The molecule has 1 N–H and O–H groups in total. The highest BCUT2D eigenvalue weighted by molar-refractivity contribution is 6.00. The maximum absolute atomic E-state index is 12.3. The topological polar surface area (TPSA) is 46.5 Å². The predicted molar refractivity (Wildman–Crippen MR) is 67.8 cm³/mol. The van der Waals surface area contributed by atoms with Gasteiger partial charge in [0.1, 0.15) is 5.60 Å². The molecule has 3 nitrogen and oxygen atoms in total. The van der Waals surface area contributed by atoms with Gasteiger partial charge in [-0.1, -0.05) is 20.8 Å². The van der Waals surface area contributed by atoms with Crippen LogP contribution in [0.25, 0.3) is 0 Å². The first-order chi connectivity index (χ1) is 8.18. The van der Waals surface area contributed by atoms with Crippen molar-refractivity contribution < 1.29 is 14.6 Å². The van der Waals surface area contributed by atoms with Gasteiger partial charge in [-0.15, -0.1) is 0 Å². The molecule has 3 rings (SSSR count). The Kier molecular flexibility index (Phi) is 2.24. The Hall–Kier alpha value is -0.670. The van der Waals surface area contributed by atoms with Gasteiger partial charge in [-0.05, 0) is 36.8 Å². The summed E-state index contributed by atoms with van der Waals surface area (Å²) in [4.78, 5) is 12.3. The zero-order valence-corrected chi connectivity index (χ0v) is 11.6. The maximum Gasteiger partial charge on any atom is 0.169 e. The van der Waals surface area contributed by atoms with Crippen molar-refractivity contribution in [2.45, 2.75) is 58.3 Å². The molecule has 0 unspecified atom stereocenters. The molecule has 3 heteroatoms. The highest BCUT2D eigenvalue weighted by atomic mass is 16.6. The van der Waals surface area contributed by atoms with Gasteiger partial charge in [0.25, 0.3) is 0 Å². The summed E-state index contributed by atoms with van der Waals surface area (Å²) < 4.78 is 6.07. The van der Waals surface area contributed by atoms with Gasteiger partial charge in [0.2, 0.25) is 0 Å². The number of aliphatic hydroxyl groups is 1. The Morgan fingerprint density at radius 1 is 1.39 bits per heavy atom. The summed E-state index contributed by atoms with van der Waals surface area (Å²) in [5.41, 5.74) is 0.250. The van der Waals surface area contributed by atoms with Crippen molar-refractivity contribution in [3.8, 4) is 0 Å². The lowest BCUT2D eigenvalue weighted by molar-refractivity contribution is -0.352. The number of allylic oxidation sites excluding steroid dienone is 1. The van der Waals surface area contributed by atoms with Crippen LogP contribution < -0.4 is 0 Å². The van der Waals surface area contributed by atoms with Crippen molar-refractivity contribution in [3.05, 3.63) is 11.6 Å². The molecule has 0 aromatic heterocycles. The van der Waals surface area contributed by atoms with E-state index in [4.69, 9.17) is 4.74 Å². The molecule has 100 valence electrons. The Morgan fingerprint density at radius 3 is 2.72 bits per heavy atom. The second-order valence-electron chi connectivity index (χ2n) is 7.30. The van der Waals surface area contributed by atoms with Gasteiger partial charge in [0.15, 0.2) is 11.6 Å². The zero-order valence-electron chi connectivity index (χ0n) is 11.6. The van der Waals surface area contributed by atoms with E-state index in [0.717, 1.165) is 18.4 Å². The van der Waals surface area contributed by atoms with E-state index in [2.05, 4.69) is 13.8 Å². The number of hydrogen-bond acceptors (Lipinski definition) is 3. The molecule has 2 heterocycles. The molecular weight excluding hydrogens is 228 g/mol. The Morgan fingerprint density at radius 2 is 2.06 bits per heavy atom. The molecule has 2 bridgehead atoms. The third kappa shape index (κ3) is 1.47. The number of rotatable bonds is 0. The second kappa shape index (κ2) is 3.26. The number of carbonyl (C=O) groups excluding carboxylic acids is 1. The predicted octanol–water partition coefficient (Wildman–Crippen LogP) is 2.44. The first-order valence-electron chi connectivity index (χ1n) is 6.84. The van der Waals surface area contributed by atoms with Crippen LogP contribution in [-0.2, 0) is 9.53 Å². The summed E-state index contributed by atoms with van der Waals surface area (Å²) >= 11 is 0. The van der Waals surface area contributed by atoms with E-state index in [1.807, 2.05) is 19.9 Å². The van der Waals surface area contributed by atoms with E-state index in [1.165, 1.54) is 0 Å². The van der Waals surface area contributed by atoms with Crippen molar-refractivity contribution >= 4 is 5.78 Å². The molecule has 0 saturated carbocycles. The Balaban J connectivity index is 2.10. The first-order valence-corrected chi connectivity index (χ1v) is 6.84. The monoisotopic (exact) mass is 250 g/mol. The normalized spacial score (nSPS) is 49.8. The lowest BCUT2D eigenvalue weighted by atomic mass is 9.62. The molecule has 18 heavy (non-hydrogen) atoms. The molecule has 4 atom stereocenters. The van der Waals surface area contributed by atoms with Crippen LogP contribution in [-0.4, -0.2) is 22.3 Å². The van der Waals surface area contributed by atoms with Gasteiger partial charge in [-0.3, -0.25) is 4.79 Å². The average molecular weight is 250 g/mol. The van der Waals surface area contributed by atoms with Crippen molar-refractivity contribution in [1.29, 1.82) is 0 Å². The molecule has 2 aliphatic heterocycles. The molecule has 2 fully saturated rings. The summed E-state index contributed by atoms with van der Waals surface area (Å²) in [7, 11) is 0. The van der Waals surface area contributed by atoms with Crippen LogP contribution in [0.4, 0.5) is 0 Å². The van der Waals surface area contributed by atoms with Crippen LogP contribution in [0, 0.1) is 17.3 Å². The third-order valence-electron chi connectivity index (χ3n) is 4.97. The molecule has 3 aliphatic rings. The minimum atomic E-state index is -1.07. The van der Waals surface area contributed by atoms with Crippen LogP contribution in [0.1, 0.15) is 47.0 Å². The smallest absolute Gasteiger partial charge is 0.169 e. The lowest BCUT2D eigenvalue weighted by Crippen LogP contribution is -2.63. The fourth-order valence-electron chi connectivity index (χ4n) is 4.33. The quantitative estimate of drug-likeness (QED) is 0.718. The largest absolute Gasteiger partial charge is 0.365 e. The van der Waals surface area contributed by atoms with Crippen LogP contribution in [0.15, 0.2) is 11.6 Å². The Bertz CT molecular complexity index is 451. The van der Waals surface area contributed by atoms with Gasteiger partial charge in [-0.2, -0.15) is 0 Å². The van der Waals surface area contributed by atoms with Gasteiger partial charge in [0.05, 0.1) is 5.92 Å². The number of fused-ring (bicyclic) bond motifs is 1. The van der Waals surface area contributed by atoms with Crippen molar-refractivity contribution in [2.24, 2.45) is 17.3 Å². The van der Waals surface area contributed by atoms with E-state index in [9.17, 15) is 9.90 Å². The third-order valence-corrected chi connectivity index (χ3v) is 4.97. The van der Waals surface area contributed by atoms with E-state index in [1.54, 1.807) is 0 Å². The average Bonchev–Trinajstić information content (AvgIpc) is 2.38. The molecule has 1 spiro atoms. The summed E-state index contributed by atoms with van der Waals surface area (Å²) in [5.74, 6) is -0.938. The van der Waals surface area contributed by atoms with E-state index >= 15 is 0 Å². The molecule has 0 aromatic rings. The fourth-order valence-corrected chi connectivity index (χ4v) is 4.33. The number of hydrogen-bond donors (Lipinski definition) is 1. The minimum absolute atomic E-state index is 0.00132. The SMILES string of the molecule is CC1=C[C@@]23CC(C)(C)C[C@@](O)(O2)[C@H](C)C[C@@H]3C1=O. The maximum atomic E-state index is 12.3. The van der Waals surface area contributed by atoms with E-state index in [-0.39, 0.29) is 23.0 Å². The number of carbonyl (C=O) groups is 1. The Labute approximate surface area is 108 Å². The standard InChI is InChI=1S/C15H22O3/c1-9-6-14-7-13(3,4)8-15(17,18-14)10(2)5-11(14)12(9)16/h6,10-11,17H,5,7-8H2,1-4H3/t10-,11-,14+,15-/m1/s1. The van der Waals surface area contributed by atoms with Crippen molar-refractivity contribution in [1.82, 2.24) is 0 Å². The van der Waals surface area contributed by atoms with Gasteiger partial charge in [-0.25, -0.2) is 0 Å². The summed E-state index contributed by atoms with van der Waals surface area (Å²) in [6.07, 6.45) is 4.18. The van der Waals surface area contributed by atoms with Gasteiger partial charge in [0, 0.05) is 12.3 Å². The molecule has 0 radical (unpaired) electrons. The van der Waals surface area contributed by atoms with Crippen LogP contribution in [0.3, 0.4) is 0 Å². The van der Waals surface area contributed by atoms with Crippen molar-refractivity contribution in [2.75, 3.05) is 0 Å². The fraction of sp³-hybridized carbons (Fsp3) is 0.800. The number of ketones is 1. The molecule has 0 amide bonds. The molecular formula is C15H22O3. The van der Waals surface area contributed by atoms with Crippen molar-refractivity contribution in [3.63, 3.8) is 0 Å². The van der Waals surface area contributed by atoms with Crippen LogP contribution >= 0.6 is 0 Å². The summed E-state index contributed by atoms with van der Waals surface area (Å²) in [6.45, 7) is 8.17. The summed E-state index contributed by atoms with van der Waals surface area (Å²) in [6, 6.07) is 0. The lowest BCUT2D eigenvalue weighted by Gasteiger charge is -2.58.